The number of nitrogens with two attached hydrogens (primary N) is 1. The summed E-state index contributed by atoms with van der Waals surface area (Å²) in [6.07, 6.45) is 0.877. The summed E-state index contributed by atoms with van der Waals surface area (Å²) in [5.74, 6) is 0.684. The van der Waals surface area contributed by atoms with E-state index < -0.39 is 6.17 Å². The number of amides is 1. The number of hydrogen-bond acceptors (Lipinski definition) is 6. The van der Waals surface area contributed by atoms with Crippen LogP contribution in [0.2, 0.25) is 0 Å². The lowest BCUT2D eigenvalue weighted by molar-refractivity contribution is 0.0939. The summed E-state index contributed by atoms with van der Waals surface area (Å²) < 4.78 is 20.4. The maximum Gasteiger partial charge on any atom is 0.256 e. The highest BCUT2D eigenvalue weighted by atomic mass is 19.1. The Bertz CT molecular complexity index is 727. The number of likely N-dealkylation sites (tertiary alicyclic amines) is 1. The first-order valence-electron chi connectivity index (χ1n) is 7.80. The lowest BCUT2D eigenvalue weighted by Gasteiger charge is -2.22. The maximum absolute atomic E-state index is 13.8. The zero-order valence-electron chi connectivity index (χ0n) is 13.7. The van der Waals surface area contributed by atoms with Crippen molar-refractivity contribution in [2.45, 2.75) is 32.1 Å². The predicted molar refractivity (Wildman–Crippen MR) is 84.9 cm³/mol. The van der Waals surface area contributed by atoms with Gasteiger partial charge in [0, 0.05) is 32.2 Å². The zero-order valence-corrected chi connectivity index (χ0v) is 13.7. The van der Waals surface area contributed by atoms with Crippen LogP contribution in [0.4, 0.5) is 10.2 Å². The monoisotopic (exact) mass is 336 g/mol. The minimum atomic E-state index is -0.917. The summed E-state index contributed by atoms with van der Waals surface area (Å²) in [5, 5.41) is 10.6. The van der Waals surface area contributed by atoms with Crippen molar-refractivity contribution in [3.05, 3.63) is 29.3 Å². The fourth-order valence-electron chi connectivity index (χ4n) is 2.95. The Balaban J connectivity index is 1.60. The molecule has 0 aliphatic carbocycles. The van der Waals surface area contributed by atoms with Gasteiger partial charge in [0.2, 0.25) is 0 Å². The number of halogens is 1. The van der Waals surface area contributed by atoms with Gasteiger partial charge in [0.05, 0.1) is 18.4 Å². The molecule has 0 saturated carbocycles. The largest absolute Gasteiger partial charge is 0.383 e. The Morgan fingerprint density at radius 3 is 3.00 bits per heavy atom. The summed E-state index contributed by atoms with van der Waals surface area (Å²) in [7, 11) is 1.66. The number of anilines is 1. The molecule has 2 aromatic heterocycles. The van der Waals surface area contributed by atoms with Crippen LogP contribution < -0.4 is 11.1 Å². The number of nitrogens with one attached hydrogen (secondary N) is 1. The van der Waals surface area contributed by atoms with Gasteiger partial charge < -0.3 is 15.6 Å². The van der Waals surface area contributed by atoms with Crippen molar-refractivity contribution < 1.29 is 13.7 Å². The maximum atomic E-state index is 13.8. The first kappa shape index (κ1) is 16.4. The average molecular weight is 336 g/mol. The first-order chi connectivity index (χ1) is 11.4. The molecular formula is C15H21FN6O2. The number of rotatable bonds is 5. The summed E-state index contributed by atoms with van der Waals surface area (Å²) in [5.41, 5.74) is 6.90. The molecule has 0 bridgehead atoms. The van der Waals surface area contributed by atoms with E-state index in [0.29, 0.717) is 43.2 Å². The lowest BCUT2D eigenvalue weighted by atomic mass is 10.2. The van der Waals surface area contributed by atoms with Gasteiger partial charge in [-0.15, -0.1) is 0 Å². The molecule has 2 aromatic rings. The van der Waals surface area contributed by atoms with Crippen molar-refractivity contribution in [2.75, 3.05) is 18.8 Å². The zero-order chi connectivity index (χ0) is 17.3. The number of nitrogen functional groups attached to an aromatic ring is 1. The minimum Gasteiger partial charge on any atom is -0.383 e. The SMILES string of the molecule is Cc1cc(CN2C[C@@H](F)C[C@H]2CNC(=O)c2cnn(C)c2N)on1. The van der Waals surface area contributed by atoms with Gasteiger partial charge in [-0.25, -0.2) is 4.39 Å². The molecule has 0 aromatic carbocycles. The van der Waals surface area contributed by atoms with Crippen LogP contribution in [0.25, 0.3) is 0 Å². The minimum absolute atomic E-state index is 0.104. The van der Waals surface area contributed by atoms with E-state index in [0.717, 1.165) is 5.69 Å². The predicted octanol–water partition coefficient (Wildman–Crippen LogP) is 0.641. The van der Waals surface area contributed by atoms with Gasteiger partial charge in [-0.05, 0) is 13.3 Å². The third-order valence-corrected chi connectivity index (χ3v) is 4.24. The Hall–Kier alpha value is -2.42. The van der Waals surface area contributed by atoms with Crippen LogP contribution in [0, 0.1) is 6.92 Å². The van der Waals surface area contributed by atoms with Crippen molar-refractivity contribution in [3.63, 3.8) is 0 Å². The highest BCUT2D eigenvalue weighted by Gasteiger charge is 2.33. The van der Waals surface area contributed by atoms with Crippen LogP contribution in [0.1, 0.15) is 28.2 Å². The second kappa shape index (κ2) is 6.60. The van der Waals surface area contributed by atoms with Gasteiger partial charge in [-0.1, -0.05) is 5.16 Å². The number of nitrogens with zero attached hydrogens (tertiary/aromatic N) is 4. The van der Waals surface area contributed by atoms with Crippen molar-refractivity contribution in [1.29, 1.82) is 0 Å². The van der Waals surface area contributed by atoms with Crippen molar-refractivity contribution >= 4 is 11.7 Å². The van der Waals surface area contributed by atoms with Crippen molar-refractivity contribution in [3.8, 4) is 0 Å². The van der Waals surface area contributed by atoms with Gasteiger partial charge in [0.25, 0.3) is 5.91 Å². The van der Waals surface area contributed by atoms with E-state index in [2.05, 4.69) is 15.6 Å². The number of carbonyl (C=O) groups excluding carboxylic acids is 1. The standard InChI is InChI=1S/C15H21FN6O2/c1-9-3-12(24-20-9)8-22-7-10(16)4-11(22)5-18-15(23)13-6-19-21(2)14(13)17/h3,6,10-11H,4-5,7-8,17H2,1-2H3,(H,18,23)/t10-,11-/m0/s1. The van der Waals surface area contributed by atoms with E-state index in [9.17, 15) is 9.18 Å². The molecule has 3 N–H and O–H groups in total. The molecule has 0 unspecified atom stereocenters. The summed E-state index contributed by atoms with van der Waals surface area (Å²) in [6.45, 7) is 2.96. The van der Waals surface area contributed by atoms with E-state index in [1.165, 1.54) is 10.9 Å². The number of alkyl halides is 1. The fraction of sp³-hybridized carbons (Fsp3) is 0.533. The number of aromatic nitrogens is 3. The second-order valence-corrected chi connectivity index (χ2v) is 6.13. The molecule has 3 heterocycles. The molecule has 24 heavy (non-hydrogen) atoms. The molecule has 1 saturated heterocycles. The molecule has 0 radical (unpaired) electrons. The van der Waals surface area contributed by atoms with E-state index in [-0.39, 0.29) is 11.9 Å². The normalized spacial score (nSPS) is 21.3. The summed E-state index contributed by atoms with van der Waals surface area (Å²) in [6, 6.07) is 1.73. The van der Waals surface area contributed by atoms with Crippen molar-refractivity contribution in [1.82, 2.24) is 25.2 Å². The molecule has 0 spiro atoms. The molecule has 1 amide bonds. The quantitative estimate of drug-likeness (QED) is 0.831. The van der Waals surface area contributed by atoms with E-state index in [1.807, 2.05) is 17.9 Å². The molecule has 1 aliphatic rings. The van der Waals surface area contributed by atoms with Crippen LogP contribution in [0.5, 0.6) is 0 Å². The van der Waals surface area contributed by atoms with E-state index in [4.69, 9.17) is 10.3 Å². The van der Waals surface area contributed by atoms with Crippen LogP contribution in [0.3, 0.4) is 0 Å². The van der Waals surface area contributed by atoms with Gasteiger partial charge in [0.15, 0.2) is 5.76 Å². The third kappa shape index (κ3) is 3.40. The smallest absolute Gasteiger partial charge is 0.256 e. The van der Waals surface area contributed by atoms with Crippen LogP contribution in [-0.4, -0.2) is 51.0 Å². The first-order valence-corrected chi connectivity index (χ1v) is 7.80. The average Bonchev–Trinajstić information content (AvgIpc) is 3.19. The molecule has 8 nitrogen and oxygen atoms in total. The molecule has 9 heteroatoms. The van der Waals surface area contributed by atoms with Crippen LogP contribution in [-0.2, 0) is 13.6 Å². The lowest BCUT2D eigenvalue weighted by Crippen LogP contribution is -2.39. The molecule has 1 fully saturated rings. The van der Waals surface area contributed by atoms with Crippen LogP contribution >= 0.6 is 0 Å². The topological polar surface area (TPSA) is 102 Å². The van der Waals surface area contributed by atoms with E-state index >= 15 is 0 Å². The molecular weight excluding hydrogens is 315 g/mol. The van der Waals surface area contributed by atoms with Gasteiger partial charge in [-0.2, -0.15) is 5.10 Å². The summed E-state index contributed by atoms with van der Waals surface area (Å²) in [4.78, 5) is 14.2. The fourth-order valence-corrected chi connectivity index (χ4v) is 2.95. The second-order valence-electron chi connectivity index (χ2n) is 6.13. The highest BCUT2D eigenvalue weighted by Crippen LogP contribution is 2.22. The van der Waals surface area contributed by atoms with Crippen LogP contribution in [0.15, 0.2) is 16.8 Å². The van der Waals surface area contributed by atoms with Gasteiger partial charge in [0.1, 0.15) is 17.6 Å². The Labute approximate surface area is 138 Å². The summed E-state index contributed by atoms with van der Waals surface area (Å²) >= 11 is 0. The highest BCUT2D eigenvalue weighted by molar-refractivity contribution is 5.98. The number of aryl methyl sites for hydroxylation is 2. The molecule has 1 aliphatic heterocycles. The van der Waals surface area contributed by atoms with E-state index in [1.54, 1.807) is 7.05 Å². The van der Waals surface area contributed by atoms with Gasteiger partial charge >= 0.3 is 0 Å². The van der Waals surface area contributed by atoms with Gasteiger partial charge in [-0.3, -0.25) is 14.4 Å². The Kier molecular flexibility index (Phi) is 4.52. The molecule has 2 atom stereocenters. The number of carbonyl (C=O) groups is 1. The van der Waals surface area contributed by atoms with Crippen molar-refractivity contribution in [2.24, 2.45) is 7.05 Å². The Morgan fingerprint density at radius 1 is 1.58 bits per heavy atom. The Morgan fingerprint density at radius 2 is 2.38 bits per heavy atom. The third-order valence-electron chi connectivity index (χ3n) is 4.24. The molecule has 130 valence electrons. The molecule has 3 rings (SSSR count). The number of hydrogen-bond donors (Lipinski definition) is 2.